The third kappa shape index (κ3) is 5.00. The van der Waals surface area contributed by atoms with Crippen molar-refractivity contribution in [2.24, 2.45) is 0 Å². The minimum absolute atomic E-state index is 0.0490. The van der Waals surface area contributed by atoms with Crippen molar-refractivity contribution in [1.29, 1.82) is 0 Å². The number of hydrogen-bond acceptors (Lipinski definition) is 5. The smallest absolute Gasteiger partial charge is 0.266 e. The van der Waals surface area contributed by atoms with Crippen molar-refractivity contribution in [3.8, 4) is 5.69 Å². The predicted octanol–water partition coefficient (Wildman–Crippen LogP) is 4.88. The van der Waals surface area contributed by atoms with Gasteiger partial charge in [0.2, 0.25) is 5.91 Å². The molecule has 0 radical (unpaired) electrons. The van der Waals surface area contributed by atoms with Crippen LogP contribution >= 0.6 is 22.9 Å². The molecule has 0 aliphatic carbocycles. The first-order chi connectivity index (χ1) is 16.0. The molecule has 2 aromatic carbocycles. The number of amides is 1. The molecule has 0 saturated carbocycles. The van der Waals surface area contributed by atoms with E-state index in [1.165, 1.54) is 0 Å². The number of ether oxygens (including phenoxy) is 1. The van der Waals surface area contributed by atoms with Gasteiger partial charge in [-0.2, -0.15) is 0 Å². The van der Waals surface area contributed by atoms with Crippen LogP contribution in [0.25, 0.3) is 16.6 Å². The molecule has 0 aliphatic heterocycles. The molecule has 1 unspecified atom stereocenters. The number of carbonyl (C=O) groups is 1. The quantitative estimate of drug-likeness (QED) is 0.360. The van der Waals surface area contributed by atoms with Gasteiger partial charge < -0.3 is 9.64 Å². The van der Waals surface area contributed by atoms with Gasteiger partial charge in [-0.1, -0.05) is 29.8 Å². The van der Waals surface area contributed by atoms with E-state index in [4.69, 9.17) is 21.3 Å². The Kier molecular flexibility index (Phi) is 7.23. The Morgan fingerprint density at radius 3 is 2.61 bits per heavy atom. The van der Waals surface area contributed by atoms with Gasteiger partial charge in [-0.25, -0.2) is 4.98 Å². The molecule has 2 aromatic heterocycles. The summed E-state index contributed by atoms with van der Waals surface area (Å²) < 4.78 is 6.84. The minimum Gasteiger partial charge on any atom is -0.383 e. The predicted molar refractivity (Wildman–Crippen MR) is 132 cm³/mol. The Labute approximate surface area is 201 Å². The highest BCUT2D eigenvalue weighted by Crippen LogP contribution is 2.25. The highest BCUT2D eigenvalue weighted by molar-refractivity contribution is 7.10. The molecule has 2 heterocycles. The van der Waals surface area contributed by atoms with Gasteiger partial charge in [0.25, 0.3) is 5.56 Å². The molecule has 0 saturated heterocycles. The lowest BCUT2D eigenvalue weighted by Crippen LogP contribution is -2.40. The van der Waals surface area contributed by atoms with Gasteiger partial charge in [0, 0.05) is 23.6 Å². The van der Waals surface area contributed by atoms with Gasteiger partial charge in [0.05, 0.1) is 35.7 Å². The van der Waals surface area contributed by atoms with Crippen molar-refractivity contribution in [2.75, 3.05) is 20.3 Å². The zero-order chi connectivity index (χ0) is 23.4. The van der Waals surface area contributed by atoms with E-state index in [1.807, 2.05) is 42.6 Å². The van der Waals surface area contributed by atoms with E-state index >= 15 is 0 Å². The molecule has 4 aromatic rings. The van der Waals surface area contributed by atoms with Crippen LogP contribution in [0.4, 0.5) is 0 Å². The number of fused-ring (bicyclic) bond motifs is 1. The average Bonchev–Trinajstić information content (AvgIpc) is 3.33. The maximum atomic E-state index is 13.6. The molecule has 170 valence electrons. The Morgan fingerprint density at radius 2 is 1.91 bits per heavy atom. The standard InChI is InChI=1S/C25H24ClN3O3S/c1-17(28(13-14-32-2)23(30)16-20-6-5-15-33-20)24-27-22-8-4-3-7-21(22)25(31)29(24)19-11-9-18(26)10-12-19/h3-12,15,17H,13-14,16H2,1-2H3. The number of halogens is 1. The summed E-state index contributed by atoms with van der Waals surface area (Å²) in [6.07, 6.45) is 0.282. The molecule has 0 fully saturated rings. The summed E-state index contributed by atoms with van der Waals surface area (Å²) in [6.45, 7) is 2.65. The summed E-state index contributed by atoms with van der Waals surface area (Å²) in [5, 5.41) is 3.04. The first kappa shape index (κ1) is 23.2. The summed E-state index contributed by atoms with van der Waals surface area (Å²) in [4.78, 5) is 34.4. The molecule has 0 N–H and O–H groups in total. The summed E-state index contributed by atoms with van der Waals surface area (Å²) in [7, 11) is 1.60. The normalized spacial score (nSPS) is 12.1. The van der Waals surface area contributed by atoms with Crippen LogP contribution in [-0.4, -0.2) is 40.6 Å². The number of methoxy groups -OCH3 is 1. The monoisotopic (exact) mass is 481 g/mol. The zero-order valence-electron chi connectivity index (χ0n) is 18.4. The van der Waals surface area contributed by atoms with Crippen molar-refractivity contribution < 1.29 is 9.53 Å². The molecular formula is C25H24ClN3O3S. The van der Waals surface area contributed by atoms with Crippen LogP contribution in [0.15, 0.2) is 70.8 Å². The van der Waals surface area contributed by atoms with E-state index in [0.717, 1.165) is 4.88 Å². The third-order valence-corrected chi connectivity index (χ3v) is 6.62. The van der Waals surface area contributed by atoms with Crippen LogP contribution in [0.2, 0.25) is 5.02 Å². The fraction of sp³-hybridized carbons (Fsp3) is 0.240. The molecular weight excluding hydrogens is 458 g/mol. The number of carbonyl (C=O) groups excluding carboxylic acids is 1. The van der Waals surface area contributed by atoms with E-state index in [2.05, 4.69) is 0 Å². The van der Waals surface area contributed by atoms with Gasteiger partial charge >= 0.3 is 0 Å². The highest BCUT2D eigenvalue weighted by Gasteiger charge is 2.27. The van der Waals surface area contributed by atoms with Crippen molar-refractivity contribution in [2.45, 2.75) is 19.4 Å². The van der Waals surface area contributed by atoms with Gasteiger partial charge in [-0.05, 0) is 54.8 Å². The number of thiophene rings is 1. The Balaban J connectivity index is 1.84. The van der Waals surface area contributed by atoms with Crippen LogP contribution in [0.3, 0.4) is 0 Å². The molecule has 6 nitrogen and oxygen atoms in total. The molecule has 0 spiro atoms. The SMILES string of the molecule is COCCN(C(=O)Cc1cccs1)C(C)c1nc2ccccc2c(=O)n1-c1ccc(Cl)cc1. The van der Waals surface area contributed by atoms with E-state index in [9.17, 15) is 9.59 Å². The first-order valence-electron chi connectivity index (χ1n) is 10.6. The largest absolute Gasteiger partial charge is 0.383 e. The minimum atomic E-state index is -0.472. The van der Waals surface area contributed by atoms with Gasteiger partial charge in [-0.3, -0.25) is 14.2 Å². The molecule has 1 atom stereocenters. The average molecular weight is 482 g/mol. The number of nitrogens with zero attached hydrogens (tertiary/aromatic N) is 3. The van der Waals surface area contributed by atoms with Crippen molar-refractivity contribution in [3.05, 3.63) is 92.1 Å². The van der Waals surface area contributed by atoms with Crippen molar-refractivity contribution >= 4 is 39.7 Å². The van der Waals surface area contributed by atoms with E-state index in [1.54, 1.807) is 58.2 Å². The van der Waals surface area contributed by atoms with E-state index < -0.39 is 6.04 Å². The number of rotatable bonds is 8. The Hall–Kier alpha value is -3.00. The topological polar surface area (TPSA) is 64.4 Å². The number of hydrogen-bond donors (Lipinski definition) is 0. The second-order valence-electron chi connectivity index (χ2n) is 7.62. The zero-order valence-corrected chi connectivity index (χ0v) is 20.0. The number of benzene rings is 2. The molecule has 33 heavy (non-hydrogen) atoms. The lowest BCUT2D eigenvalue weighted by atomic mass is 10.1. The third-order valence-electron chi connectivity index (χ3n) is 5.49. The summed E-state index contributed by atoms with van der Waals surface area (Å²) in [5.74, 6) is 0.434. The van der Waals surface area contributed by atoms with Crippen LogP contribution in [0.5, 0.6) is 0 Å². The fourth-order valence-electron chi connectivity index (χ4n) is 3.80. The van der Waals surface area contributed by atoms with Crippen molar-refractivity contribution in [3.63, 3.8) is 0 Å². The van der Waals surface area contributed by atoms with Gasteiger partial charge in [-0.15, -0.1) is 11.3 Å². The van der Waals surface area contributed by atoms with Crippen LogP contribution in [0.1, 0.15) is 23.7 Å². The van der Waals surface area contributed by atoms with Crippen LogP contribution < -0.4 is 5.56 Å². The molecule has 0 bridgehead atoms. The van der Waals surface area contributed by atoms with Crippen LogP contribution in [-0.2, 0) is 16.0 Å². The first-order valence-corrected chi connectivity index (χ1v) is 11.8. The second kappa shape index (κ2) is 10.3. The van der Waals surface area contributed by atoms with Crippen LogP contribution in [0, 0.1) is 0 Å². The maximum absolute atomic E-state index is 13.6. The molecule has 4 rings (SSSR count). The molecule has 0 aliphatic rings. The van der Waals surface area contributed by atoms with Crippen molar-refractivity contribution in [1.82, 2.24) is 14.5 Å². The number of para-hydroxylation sites is 1. The molecule has 1 amide bonds. The molecule has 8 heteroatoms. The Bertz CT molecular complexity index is 1300. The van der Waals surface area contributed by atoms with E-state index in [-0.39, 0.29) is 17.9 Å². The fourth-order valence-corrected chi connectivity index (χ4v) is 4.62. The van der Waals surface area contributed by atoms with Gasteiger partial charge in [0.1, 0.15) is 5.82 Å². The highest BCUT2D eigenvalue weighted by atomic mass is 35.5. The van der Waals surface area contributed by atoms with Gasteiger partial charge in [0.15, 0.2) is 0 Å². The lowest BCUT2D eigenvalue weighted by molar-refractivity contribution is -0.133. The number of aromatic nitrogens is 2. The summed E-state index contributed by atoms with van der Waals surface area (Å²) in [5.41, 5.74) is 1.04. The maximum Gasteiger partial charge on any atom is 0.266 e. The lowest BCUT2D eigenvalue weighted by Gasteiger charge is -2.30. The summed E-state index contributed by atoms with van der Waals surface area (Å²) in [6, 6.07) is 17.7. The second-order valence-corrected chi connectivity index (χ2v) is 9.08. The summed E-state index contributed by atoms with van der Waals surface area (Å²) >= 11 is 7.63. The Morgan fingerprint density at radius 1 is 1.15 bits per heavy atom. The van der Waals surface area contributed by atoms with E-state index in [0.29, 0.717) is 40.6 Å².